The predicted octanol–water partition coefficient (Wildman–Crippen LogP) is 4.57. The van der Waals surface area contributed by atoms with E-state index in [2.05, 4.69) is 5.32 Å². The zero-order valence-corrected chi connectivity index (χ0v) is 18.7. The number of carbonyl (C=O) groups is 2. The molecule has 3 aliphatic rings. The molecule has 0 aromatic heterocycles. The van der Waals surface area contributed by atoms with Gasteiger partial charge >= 0.3 is 0 Å². The lowest BCUT2D eigenvalue weighted by atomic mass is 9.91. The van der Waals surface area contributed by atoms with E-state index in [1.165, 1.54) is 12.1 Å². The zero-order chi connectivity index (χ0) is 22.5. The number of hydrogen-bond acceptors (Lipinski definition) is 4. The highest BCUT2D eigenvalue weighted by Gasteiger charge is 2.38. The van der Waals surface area contributed by atoms with Gasteiger partial charge in [0.25, 0.3) is 11.8 Å². The molecule has 0 saturated carbocycles. The number of amides is 2. The van der Waals surface area contributed by atoms with Crippen molar-refractivity contribution in [1.29, 1.82) is 0 Å². The van der Waals surface area contributed by atoms with Crippen molar-refractivity contribution in [3.8, 4) is 0 Å². The van der Waals surface area contributed by atoms with Gasteiger partial charge in [-0.2, -0.15) is 11.8 Å². The summed E-state index contributed by atoms with van der Waals surface area (Å²) in [6, 6.07) is 11.8. The van der Waals surface area contributed by atoms with Gasteiger partial charge in [0.15, 0.2) is 0 Å². The minimum atomic E-state index is -0.666. The summed E-state index contributed by atoms with van der Waals surface area (Å²) in [4.78, 5) is 27.3. The summed E-state index contributed by atoms with van der Waals surface area (Å²) in [5, 5.41) is 2.71. The maximum atomic E-state index is 13.6. The van der Waals surface area contributed by atoms with E-state index in [0.717, 1.165) is 35.7 Å². The third-order valence-electron chi connectivity index (χ3n) is 6.00. The van der Waals surface area contributed by atoms with Gasteiger partial charge < -0.3 is 15.0 Å². The lowest BCUT2D eigenvalue weighted by molar-refractivity contribution is -0.111. The zero-order valence-electron chi connectivity index (χ0n) is 17.9. The molecule has 0 radical (unpaired) electrons. The SMILES string of the molecule is CC1(C)O/C(=C2/C(=O)Nc3cc(F)ccc32)C=C1c1ccc(C(=O)N2CCSCC2)cc1. The van der Waals surface area contributed by atoms with Crippen LogP contribution in [0, 0.1) is 5.82 Å². The van der Waals surface area contributed by atoms with Gasteiger partial charge in [-0.05, 0) is 55.8 Å². The normalized spacial score (nSPS) is 21.7. The summed E-state index contributed by atoms with van der Waals surface area (Å²) in [7, 11) is 0. The fraction of sp³-hybridized carbons (Fsp3) is 0.280. The summed E-state index contributed by atoms with van der Waals surface area (Å²) in [6.07, 6.45) is 1.87. The Kier molecular flexibility index (Phi) is 5.08. The van der Waals surface area contributed by atoms with E-state index >= 15 is 0 Å². The lowest BCUT2D eigenvalue weighted by Gasteiger charge is -2.27. The van der Waals surface area contributed by atoms with E-state index in [1.807, 2.05) is 60.9 Å². The number of fused-ring (bicyclic) bond motifs is 1. The highest BCUT2D eigenvalue weighted by molar-refractivity contribution is 7.99. The van der Waals surface area contributed by atoms with Crippen LogP contribution in [-0.4, -0.2) is 46.9 Å². The van der Waals surface area contributed by atoms with Crippen molar-refractivity contribution >= 4 is 40.4 Å². The number of benzene rings is 2. The number of rotatable bonds is 2. The average molecular weight is 451 g/mol. The first-order valence-electron chi connectivity index (χ1n) is 10.6. The number of allylic oxidation sites excluding steroid dienone is 1. The molecule has 1 N–H and O–H groups in total. The van der Waals surface area contributed by atoms with E-state index in [-0.39, 0.29) is 11.8 Å². The van der Waals surface area contributed by atoms with Crippen LogP contribution < -0.4 is 5.32 Å². The van der Waals surface area contributed by atoms with Gasteiger partial charge in [0.1, 0.15) is 17.2 Å². The van der Waals surface area contributed by atoms with Gasteiger partial charge in [-0.25, -0.2) is 4.39 Å². The van der Waals surface area contributed by atoms with E-state index < -0.39 is 11.4 Å². The number of anilines is 1. The van der Waals surface area contributed by atoms with Gasteiger partial charge in [0, 0.05) is 41.3 Å². The van der Waals surface area contributed by atoms with Crippen molar-refractivity contribution < 1.29 is 18.7 Å². The molecule has 0 unspecified atom stereocenters. The molecule has 1 fully saturated rings. The first kappa shape index (κ1) is 20.8. The Hall–Kier alpha value is -3.06. The number of nitrogens with one attached hydrogen (secondary N) is 1. The quantitative estimate of drug-likeness (QED) is 0.681. The third kappa shape index (κ3) is 3.60. The second-order valence-corrected chi connectivity index (χ2v) is 9.76. The number of hydrogen-bond donors (Lipinski definition) is 1. The monoisotopic (exact) mass is 450 g/mol. The summed E-state index contributed by atoms with van der Waals surface area (Å²) in [5.74, 6) is 1.75. The van der Waals surface area contributed by atoms with Crippen LogP contribution in [0.5, 0.6) is 0 Å². The Bertz CT molecular complexity index is 1180. The molecule has 0 aliphatic carbocycles. The lowest BCUT2D eigenvalue weighted by Crippen LogP contribution is -2.37. The van der Waals surface area contributed by atoms with E-state index in [1.54, 1.807) is 6.07 Å². The molecule has 3 aliphatic heterocycles. The van der Waals surface area contributed by atoms with Gasteiger partial charge in [0.05, 0.1) is 11.3 Å². The molecule has 7 heteroatoms. The molecule has 2 aromatic carbocycles. The van der Waals surface area contributed by atoms with Gasteiger partial charge in [0.2, 0.25) is 0 Å². The van der Waals surface area contributed by atoms with Crippen LogP contribution in [0.25, 0.3) is 11.1 Å². The predicted molar refractivity (Wildman–Crippen MR) is 125 cm³/mol. The minimum absolute atomic E-state index is 0.0574. The maximum Gasteiger partial charge on any atom is 0.260 e. The summed E-state index contributed by atoms with van der Waals surface area (Å²) >= 11 is 1.87. The summed E-state index contributed by atoms with van der Waals surface area (Å²) in [6.45, 7) is 5.44. The molecule has 0 spiro atoms. The number of carbonyl (C=O) groups excluding carboxylic acids is 2. The molecule has 1 saturated heterocycles. The molecule has 32 heavy (non-hydrogen) atoms. The van der Waals surface area contributed by atoms with Crippen LogP contribution >= 0.6 is 11.8 Å². The molecule has 2 aromatic rings. The van der Waals surface area contributed by atoms with Crippen LogP contribution in [0.4, 0.5) is 10.1 Å². The van der Waals surface area contributed by atoms with E-state index in [0.29, 0.717) is 28.1 Å². The van der Waals surface area contributed by atoms with Crippen molar-refractivity contribution in [2.45, 2.75) is 19.4 Å². The van der Waals surface area contributed by atoms with E-state index in [4.69, 9.17) is 4.74 Å². The van der Waals surface area contributed by atoms with E-state index in [9.17, 15) is 14.0 Å². The van der Waals surface area contributed by atoms with Crippen LogP contribution in [0.3, 0.4) is 0 Å². The van der Waals surface area contributed by atoms with Gasteiger partial charge in [-0.15, -0.1) is 0 Å². The van der Waals surface area contributed by atoms with Crippen LogP contribution in [-0.2, 0) is 9.53 Å². The van der Waals surface area contributed by atoms with Crippen molar-refractivity contribution in [1.82, 2.24) is 4.90 Å². The average Bonchev–Trinajstić information content (AvgIpc) is 3.28. The maximum absolute atomic E-state index is 13.6. The number of nitrogens with zero attached hydrogens (tertiary/aromatic N) is 1. The van der Waals surface area contributed by atoms with Gasteiger partial charge in [-0.1, -0.05) is 12.1 Å². The molecule has 5 nitrogen and oxygen atoms in total. The Balaban J connectivity index is 1.47. The van der Waals surface area contributed by atoms with Crippen molar-refractivity contribution in [3.05, 3.63) is 76.8 Å². The van der Waals surface area contributed by atoms with Crippen LogP contribution in [0.15, 0.2) is 54.3 Å². The van der Waals surface area contributed by atoms with Crippen LogP contribution in [0.2, 0.25) is 0 Å². The Morgan fingerprint density at radius 2 is 1.84 bits per heavy atom. The molecule has 164 valence electrons. The number of thioether (sulfide) groups is 1. The van der Waals surface area contributed by atoms with Crippen molar-refractivity contribution in [3.63, 3.8) is 0 Å². The van der Waals surface area contributed by atoms with Crippen molar-refractivity contribution in [2.24, 2.45) is 0 Å². The topological polar surface area (TPSA) is 58.6 Å². The summed E-state index contributed by atoms with van der Waals surface area (Å²) < 4.78 is 19.8. The molecule has 2 amide bonds. The third-order valence-corrected chi connectivity index (χ3v) is 6.95. The summed E-state index contributed by atoms with van der Waals surface area (Å²) in [5.41, 5.74) is 3.31. The highest BCUT2D eigenvalue weighted by atomic mass is 32.2. The van der Waals surface area contributed by atoms with Crippen molar-refractivity contribution in [2.75, 3.05) is 29.9 Å². The number of ether oxygens (including phenoxy) is 1. The smallest absolute Gasteiger partial charge is 0.260 e. The fourth-order valence-electron chi connectivity index (χ4n) is 4.35. The molecule has 0 bridgehead atoms. The standard InChI is InChI=1S/C25H23FN2O3S/c1-25(2)19(15-3-5-16(6-4-15)24(30)28-9-11-32-12-10-28)14-21(31-25)22-18-8-7-17(26)13-20(18)27-23(22)29/h3-8,13-14H,9-12H2,1-2H3,(H,27,29)/b22-21+. The Morgan fingerprint density at radius 3 is 2.56 bits per heavy atom. The molecule has 3 heterocycles. The molecular formula is C25H23FN2O3S. The molecule has 0 atom stereocenters. The first-order valence-corrected chi connectivity index (χ1v) is 11.7. The highest BCUT2D eigenvalue weighted by Crippen LogP contribution is 2.44. The Morgan fingerprint density at radius 1 is 1.12 bits per heavy atom. The fourth-order valence-corrected chi connectivity index (χ4v) is 5.25. The van der Waals surface area contributed by atoms with Crippen LogP contribution in [0.1, 0.15) is 35.3 Å². The number of halogens is 1. The van der Waals surface area contributed by atoms with Gasteiger partial charge in [-0.3, -0.25) is 9.59 Å². The second kappa shape index (κ2) is 7.81. The molecule has 5 rings (SSSR count). The largest absolute Gasteiger partial charge is 0.482 e. The molecular weight excluding hydrogens is 427 g/mol. The minimum Gasteiger partial charge on any atom is -0.482 e. The Labute approximate surface area is 190 Å². The second-order valence-electron chi connectivity index (χ2n) is 8.54. The first-order chi connectivity index (χ1) is 15.3.